The van der Waals surface area contributed by atoms with Crippen molar-refractivity contribution in [3.63, 3.8) is 0 Å². The van der Waals surface area contributed by atoms with Gasteiger partial charge in [0.15, 0.2) is 6.29 Å². The Morgan fingerprint density at radius 2 is 1.58 bits per heavy atom. The van der Waals surface area contributed by atoms with E-state index in [1.807, 2.05) is 30.3 Å². The lowest BCUT2D eigenvalue weighted by Gasteiger charge is -2.41. The minimum Gasteiger partial charge on any atom is -0.352 e. The summed E-state index contributed by atoms with van der Waals surface area (Å²) in [7, 11) is 0. The lowest BCUT2D eigenvalue weighted by atomic mass is 9.79. The number of hydrogen-bond donors (Lipinski definition) is 0. The smallest absolute Gasteiger partial charge is 0.352 e. The number of ether oxygens (including phenoxy) is 2. The number of halogens is 7. The second-order valence-corrected chi connectivity index (χ2v) is 9.33. The fourth-order valence-electron chi connectivity index (χ4n) is 4.84. The van der Waals surface area contributed by atoms with Gasteiger partial charge >= 0.3 is 12.4 Å². The topological polar surface area (TPSA) is 21.7 Å². The van der Waals surface area contributed by atoms with Crippen LogP contribution in [0.25, 0.3) is 0 Å². The summed E-state index contributed by atoms with van der Waals surface area (Å²) in [5, 5.41) is 0. The van der Waals surface area contributed by atoms with Crippen LogP contribution < -0.4 is 0 Å². The maximum atomic E-state index is 13.3. The molecule has 3 nitrogen and oxygen atoms in total. The van der Waals surface area contributed by atoms with E-state index in [4.69, 9.17) is 9.47 Å². The first kappa shape index (κ1) is 28.8. The van der Waals surface area contributed by atoms with Gasteiger partial charge in [0.1, 0.15) is 0 Å². The maximum absolute atomic E-state index is 13.3. The molecule has 0 aliphatic carbocycles. The van der Waals surface area contributed by atoms with Crippen molar-refractivity contribution in [1.29, 1.82) is 0 Å². The Hall–Kier alpha value is -1.81. The number of rotatable bonds is 7. The molecule has 2 saturated heterocycles. The van der Waals surface area contributed by atoms with E-state index >= 15 is 0 Å². The summed E-state index contributed by atoms with van der Waals surface area (Å²) in [6.07, 6.45) is -8.73. The molecule has 10 heteroatoms. The third-order valence-corrected chi connectivity index (χ3v) is 6.94. The third-order valence-electron chi connectivity index (χ3n) is 6.94. The van der Waals surface area contributed by atoms with Crippen molar-refractivity contribution < 1.29 is 35.8 Å². The first-order valence-corrected chi connectivity index (χ1v) is 11.9. The van der Waals surface area contributed by atoms with E-state index in [2.05, 4.69) is 4.90 Å². The Kier molecular flexibility index (Phi) is 9.36. The summed E-state index contributed by atoms with van der Waals surface area (Å²) in [5.41, 5.74) is -1.91. The summed E-state index contributed by atoms with van der Waals surface area (Å²) in [6, 6.07) is 11.2. The van der Waals surface area contributed by atoms with E-state index in [0.717, 1.165) is 50.2 Å². The van der Waals surface area contributed by atoms with E-state index in [1.165, 1.54) is 13.3 Å². The molecule has 0 saturated carbocycles. The van der Waals surface area contributed by atoms with Gasteiger partial charge < -0.3 is 14.4 Å². The molecular formula is C26H30ClF6NO2. The van der Waals surface area contributed by atoms with Crippen LogP contribution in [0.5, 0.6) is 0 Å². The molecule has 0 N–H and O–H groups in total. The molecule has 0 radical (unpaired) electrons. The molecule has 2 aromatic rings. The maximum Gasteiger partial charge on any atom is 0.416 e. The molecule has 0 bridgehead atoms. The SMILES string of the molecule is C[C@@H](O[C@H]1OCC[C@H](CCN2CCC2)[C@H]1c1ccccc1)c1cc(C(F)(F)F)cc(C(F)(F)F)c1.Cl. The van der Waals surface area contributed by atoms with Crippen molar-refractivity contribution in [2.24, 2.45) is 5.92 Å². The van der Waals surface area contributed by atoms with Crippen LogP contribution in [0.4, 0.5) is 26.3 Å². The second-order valence-electron chi connectivity index (χ2n) is 9.33. The van der Waals surface area contributed by atoms with E-state index in [1.54, 1.807) is 0 Å². The monoisotopic (exact) mass is 537 g/mol. The summed E-state index contributed by atoms with van der Waals surface area (Å²) in [5.74, 6) is 0.0396. The Morgan fingerprint density at radius 3 is 2.11 bits per heavy atom. The second kappa shape index (κ2) is 11.7. The van der Waals surface area contributed by atoms with Crippen molar-refractivity contribution in [2.45, 2.75) is 56.9 Å². The zero-order valence-corrected chi connectivity index (χ0v) is 20.6. The Bertz CT molecular complexity index is 948. The number of likely N-dealkylation sites (tertiary alicyclic amines) is 1. The van der Waals surface area contributed by atoms with Crippen LogP contribution in [-0.4, -0.2) is 37.4 Å². The van der Waals surface area contributed by atoms with E-state index in [0.29, 0.717) is 6.61 Å². The average molecular weight is 538 g/mol. The molecule has 2 aliphatic rings. The normalized spacial score (nSPS) is 24.0. The highest BCUT2D eigenvalue weighted by atomic mass is 35.5. The van der Waals surface area contributed by atoms with Crippen molar-refractivity contribution >= 4 is 12.4 Å². The highest BCUT2D eigenvalue weighted by Crippen LogP contribution is 2.42. The molecule has 0 unspecified atom stereocenters. The Morgan fingerprint density at radius 1 is 0.972 bits per heavy atom. The first-order valence-electron chi connectivity index (χ1n) is 11.9. The molecule has 4 rings (SSSR count). The lowest BCUT2D eigenvalue weighted by molar-refractivity contribution is -0.210. The minimum atomic E-state index is -4.91. The fraction of sp³-hybridized carbons (Fsp3) is 0.538. The van der Waals surface area contributed by atoms with Gasteiger partial charge in [0.25, 0.3) is 0 Å². The van der Waals surface area contributed by atoms with Gasteiger partial charge in [-0.2, -0.15) is 26.3 Å². The molecule has 4 atom stereocenters. The molecule has 0 spiro atoms. The van der Waals surface area contributed by atoms with Crippen LogP contribution in [-0.2, 0) is 21.8 Å². The summed E-state index contributed by atoms with van der Waals surface area (Å²) < 4.78 is 92.1. The van der Waals surface area contributed by atoms with Crippen LogP contribution in [0.3, 0.4) is 0 Å². The molecule has 2 heterocycles. The van der Waals surface area contributed by atoms with Crippen LogP contribution in [0.2, 0.25) is 0 Å². The lowest BCUT2D eigenvalue weighted by Crippen LogP contribution is -2.41. The van der Waals surface area contributed by atoms with Crippen LogP contribution in [0.15, 0.2) is 48.5 Å². The van der Waals surface area contributed by atoms with Gasteiger partial charge in [-0.15, -0.1) is 12.4 Å². The number of benzene rings is 2. The molecular weight excluding hydrogens is 508 g/mol. The minimum absolute atomic E-state index is 0. The predicted octanol–water partition coefficient (Wildman–Crippen LogP) is 7.47. The van der Waals surface area contributed by atoms with E-state index < -0.39 is 35.9 Å². The summed E-state index contributed by atoms with van der Waals surface area (Å²) in [6.45, 7) is 4.98. The molecule has 2 fully saturated rings. The Balaban J connectivity index is 0.00000361. The predicted molar refractivity (Wildman–Crippen MR) is 126 cm³/mol. The molecule has 36 heavy (non-hydrogen) atoms. The Labute approximate surface area is 213 Å². The van der Waals surface area contributed by atoms with Gasteiger partial charge in [-0.3, -0.25) is 0 Å². The molecule has 0 aromatic heterocycles. The molecule has 200 valence electrons. The van der Waals surface area contributed by atoms with Crippen LogP contribution in [0, 0.1) is 5.92 Å². The van der Waals surface area contributed by atoms with Crippen LogP contribution in [0.1, 0.15) is 60.5 Å². The van der Waals surface area contributed by atoms with Crippen molar-refractivity contribution in [1.82, 2.24) is 4.90 Å². The highest BCUT2D eigenvalue weighted by Gasteiger charge is 2.40. The van der Waals surface area contributed by atoms with Gasteiger partial charge in [-0.25, -0.2) is 0 Å². The number of hydrogen-bond acceptors (Lipinski definition) is 3. The van der Waals surface area contributed by atoms with Gasteiger partial charge in [0.2, 0.25) is 0 Å². The van der Waals surface area contributed by atoms with Gasteiger partial charge in [0, 0.05) is 5.92 Å². The van der Waals surface area contributed by atoms with Crippen molar-refractivity contribution in [3.8, 4) is 0 Å². The van der Waals surface area contributed by atoms with Gasteiger partial charge in [-0.1, -0.05) is 30.3 Å². The largest absolute Gasteiger partial charge is 0.416 e. The molecule has 2 aromatic carbocycles. The van der Waals surface area contributed by atoms with Crippen molar-refractivity contribution in [2.75, 3.05) is 26.2 Å². The van der Waals surface area contributed by atoms with E-state index in [-0.39, 0.29) is 35.9 Å². The highest BCUT2D eigenvalue weighted by molar-refractivity contribution is 5.85. The van der Waals surface area contributed by atoms with Gasteiger partial charge in [-0.05, 0) is 81.1 Å². The van der Waals surface area contributed by atoms with Crippen LogP contribution >= 0.6 is 12.4 Å². The third kappa shape index (κ3) is 6.94. The number of nitrogens with zero attached hydrogens (tertiary/aromatic N) is 1. The molecule has 0 amide bonds. The average Bonchev–Trinajstić information content (AvgIpc) is 2.77. The summed E-state index contributed by atoms with van der Waals surface area (Å²) in [4.78, 5) is 2.37. The molecule has 2 aliphatic heterocycles. The quantitative estimate of drug-likeness (QED) is 0.342. The fourth-order valence-corrected chi connectivity index (χ4v) is 4.84. The van der Waals surface area contributed by atoms with E-state index in [9.17, 15) is 26.3 Å². The zero-order valence-electron chi connectivity index (χ0n) is 19.8. The summed E-state index contributed by atoms with van der Waals surface area (Å²) >= 11 is 0. The first-order chi connectivity index (χ1) is 16.5. The van der Waals surface area contributed by atoms with Gasteiger partial charge in [0.05, 0.1) is 23.8 Å². The van der Waals surface area contributed by atoms with Crippen molar-refractivity contribution in [3.05, 3.63) is 70.8 Å². The standard InChI is InChI=1S/C26H29F6NO2.ClH/c1-17(20-14-21(25(27,28)29)16-22(15-20)26(30,31)32)35-24-23(18-6-3-2-4-7-18)19(9-13-34-24)8-12-33-10-5-11-33;/h2-4,6-7,14-17,19,23-24H,5,8-13H2,1H3;1H/t17-,19+,23-,24-;/m1./s1. The zero-order chi connectivity index (χ0) is 25.2. The number of alkyl halides is 6.